The van der Waals surface area contributed by atoms with Crippen LogP contribution in [0.25, 0.3) is 0 Å². The van der Waals surface area contributed by atoms with E-state index in [2.05, 4.69) is 31.0 Å². The largest absolute Gasteiger partial charge is 0.337 e. The van der Waals surface area contributed by atoms with E-state index in [1.165, 1.54) is 0 Å². The Labute approximate surface area is 93.2 Å². The van der Waals surface area contributed by atoms with Crippen LogP contribution in [-0.4, -0.2) is 36.5 Å². The quantitative estimate of drug-likeness (QED) is 0.749. The maximum absolute atomic E-state index is 12.2. The van der Waals surface area contributed by atoms with Crippen molar-refractivity contribution < 1.29 is 4.79 Å². The van der Waals surface area contributed by atoms with Crippen molar-refractivity contribution in [3.8, 4) is 0 Å². The fraction of sp³-hybridized carbons (Fsp3) is 0.917. The lowest BCUT2D eigenvalue weighted by atomic mass is 9.95. The Hall–Kier alpha value is -0.570. The van der Waals surface area contributed by atoms with Gasteiger partial charge in [0.25, 0.3) is 0 Å². The van der Waals surface area contributed by atoms with Crippen molar-refractivity contribution in [1.29, 1.82) is 0 Å². The van der Waals surface area contributed by atoms with Crippen LogP contribution < -0.4 is 5.32 Å². The fourth-order valence-corrected chi connectivity index (χ4v) is 1.75. The van der Waals surface area contributed by atoms with E-state index in [-0.39, 0.29) is 5.92 Å². The lowest BCUT2D eigenvalue weighted by Gasteiger charge is -2.40. The summed E-state index contributed by atoms with van der Waals surface area (Å²) in [4.78, 5) is 14.3. The summed E-state index contributed by atoms with van der Waals surface area (Å²) in [6.07, 6.45) is 1.05. The summed E-state index contributed by atoms with van der Waals surface area (Å²) in [5.41, 5.74) is 0. The number of hydrogen-bond acceptors (Lipinski definition) is 2. The Morgan fingerprint density at radius 3 is 2.33 bits per heavy atom. The summed E-state index contributed by atoms with van der Waals surface area (Å²) in [5, 5.41) is 3.23. The number of carbonyl (C=O) groups excluding carboxylic acids is 1. The molecular formula is C12H24N2O. The van der Waals surface area contributed by atoms with Gasteiger partial charge in [-0.15, -0.1) is 0 Å². The highest BCUT2D eigenvalue weighted by Gasteiger charge is 2.31. The summed E-state index contributed by atoms with van der Waals surface area (Å²) >= 11 is 0. The predicted octanol–water partition coefficient (Wildman–Crippen LogP) is 1.49. The number of rotatable bonds is 5. The van der Waals surface area contributed by atoms with Crippen molar-refractivity contribution in [3.63, 3.8) is 0 Å². The summed E-state index contributed by atoms with van der Waals surface area (Å²) in [5.74, 6) is 0.917. The first-order valence-corrected chi connectivity index (χ1v) is 6.09. The second-order valence-electron chi connectivity index (χ2n) is 4.88. The van der Waals surface area contributed by atoms with Crippen LogP contribution in [0, 0.1) is 11.8 Å². The van der Waals surface area contributed by atoms with Crippen LogP contribution in [-0.2, 0) is 4.79 Å². The van der Waals surface area contributed by atoms with Crippen LogP contribution in [0.3, 0.4) is 0 Å². The highest BCUT2D eigenvalue weighted by molar-refractivity contribution is 5.79. The van der Waals surface area contributed by atoms with Crippen LogP contribution >= 0.6 is 0 Å². The van der Waals surface area contributed by atoms with Crippen molar-refractivity contribution in [1.82, 2.24) is 10.2 Å². The van der Waals surface area contributed by atoms with E-state index in [1.807, 2.05) is 6.92 Å². The maximum Gasteiger partial charge on any atom is 0.225 e. The van der Waals surface area contributed by atoms with Crippen molar-refractivity contribution in [2.75, 3.05) is 19.6 Å². The zero-order chi connectivity index (χ0) is 11.4. The number of carbonyl (C=O) groups is 1. The van der Waals surface area contributed by atoms with E-state index in [9.17, 15) is 4.79 Å². The van der Waals surface area contributed by atoms with E-state index >= 15 is 0 Å². The fourth-order valence-electron chi connectivity index (χ4n) is 1.75. The van der Waals surface area contributed by atoms with E-state index in [0.29, 0.717) is 17.9 Å². The molecule has 1 aliphatic rings. The van der Waals surface area contributed by atoms with Crippen LogP contribution in [0.4, 0.5) is 0 Å². The van der Waals surface area contributed by atoms with Crippen LogP contribution in [0.5, 0.6) is 0 Å². The molecule has 1 unspecified atom stereocenters. The van der Waals surface area contributed by atoms with Crippen molar-refractivity contribution in [3.05, 3.63) is 0 Å². The lowest BCUT2D eigenvalue weighted by molar-refractivity contribution is -0.139. The summed E-state index contributed by atoms with van der Waals surface area (Å²) in [6.45, 7) is 11.3. The molecular weight excluding hydrogens is 188 g/mol. The minimum Gasteiger partial charge on any atom is -0.337 e. The molecule has 1 N–H and O–H groups in total. The number of nitrogens with one attached hydrogen (secondary N) is 1. The second kappa shape index (κ2) is 5.50. The average Bonchev–Trinajstić information content (AvgIpc) is 2.12. The molecule has 1 aliphatic heterocycles. The van der Waals surface area contributed by atoms with Gasteiger partial charge in [0, 0.05) is 25.6 Å². The molecule has 0 radical (unpaired) electrons. The Bertz CT molecular complexity index is 212. The molecule has 0 saturated carbocycles. The number of nitrogens with zero attached hydrogens (tertiary/aromatic N) is 1. The molecule has 0 aromatic rings. The maximum atomic E-state index is 12.2. The summed E-state index contributed by atoms with van der Waals surface area (Å²) in [7, 11) is 0. The third-order valence-corrected chi connectivity index (χ3v) is 3.34. The Morgan fingerprint density at radius 2 is 2.00 bits per heavy atom. The van der Waals surface area contributed by atoms with E-state index < -0.39 is 0 Å². The highest BCUT2D eigenvalue weighted by Crippen LogP contribution is 2.17. The molecule has 1 amide bonds. The molecule has 1 heterocycles. The highest BCUT2D eigenvalue weighted by atomic mass is 16.2. The minimum atomic E-state index is 0.150. The molecule has 15 heavy (non-hydrogen) atoms. The van der Waals surface area contributed by atoms with E-state index in [4.69, 9.17) is 0 Å². The predicted molar refractivity (Wildman–Crippen MR) is 62.7 cm³/mol. The van der Waals surface area contributed by atoms with Gasteiger partial charge in [0.1, 0.15) is 0 Å². The minimum absolute atomic E-state index is 0.150. The van der Waals surface area contributed by atoms with Crippen molar-refractivity contribution in [2.24, 2.45) is 11.8 Å². The summed E-state index contributed by atoms with van der Waals surface area (Å²) < 4.78 is 0. The van der Waals surface area contributed by atoms with Gasteiger partial charge in [-0.05, 0) is 12.3 Å². The van der Waals surface area contributed by atoms with E-state index in [0.717, 1.165) is 26.1 Å². The molecule has 1 atom stereocenters. The Kier molecular flexibility index (Phi) is 4.58. The molecule has 1 saturated heterocycles. The van der Waals surface area contributed by atoms with Gasteiger partial charge in [-0.2, -0.15) is 0 Å². The third-order valence-electron chi connectivity index (χ3n) is 3.34. The van der Waals surface area contributed by atoms with E-state index in [1.54, 1.807) is 0 Å². The van der Waals surface area contributed by atoms with Crippen LogP contribution in [0.15, 0.2) is 0 Å². The molecule has 0 aromatic heterocycles. The molecule has 3 nitrogen and oxygen atoms in total. The molecule has 0 aromatic carbocycles. The molecule has 0 bridgehead atoms. The normalized spacial score (nSPS) is 18.7. The number of amides is 1. The van der Waals surface area contributed by atoms with Gasteiger partial charge >= 0.3 is 0 Å². The Morgan fingerprint density at radius 1 is 1.40 bits per heavy atom. The van der Waals surface area contributed by atoms with Gasteiger partial charge in [-0.3, -0.25) is 4.79 Å². The van der Waals surface area contributed by atoms with Gasteiger partial charge < -0.3 is 10.2 Å². The molecule has 88 valence electrons. The number of hydrogen-bond donors (Lipinski definition) is 1. The van der Waals surface area contributed by atoms with Crippen LogP contribution in [0.2, 0.25) is 0 Å². The van der Waals surface area contributed by atoms with Gasteiger partial charge in [0.15, 0.2) is 0 Å². The average molecular weight is 212 g/mol. The molecule has 0 aliphatic carbocycles. The topological polar surface area (TPSA) is 32.3 Å². The van der Waals surface area contributed by atoms with Gasteiger partial charge in [0.2, 0.25) is 5.91 Å². The zero-order valence-corrected chi connectivity index (χ0v) is 10.4. The molecule has 3 heteroatoms. The van der Waals surface area contributed by atoms with Crippen LogP contribution in [0.1, 0.15) is 34.1 Å². The van der Waals surface area contributed by atoms with Gasteiger partial charge in [-0.25, -0.2) is 0 Å². The van der Waals surface area contributed by atoms with Gasteiger partial charge in [0.05, 0.1) is 6.04 Å². The first kappa shape index (κ1) is 12.5. The molecule has 0 spiro atoms. The van der Waals surface area contributed by atoms with Crippen molar-refractivity contribution in [2.45, 2.75) is 40.2 Å². The van der Waals surface area contributed by atoms with Crippen molar-refractivity contribution >= 4 is 5.91 Å². The first-order valence-electron chi connectivity index (χ1n) is 6.09. The summed E-state index contributed by atoms with van der Waals surface area (Å²) in [6, 6.07) is 0.443. The molecule has 1 fully saturated rings. The lowest BCUT2D eigenvalue weighted by Crippen LogP contribution is -2.60. The standard InChI is InChI=1S/C12H24N2O/c1-5-6-14(11-7-13-8-11)12(15)10(4)9(2)3/h9-11,13H,5-8H2,1-4H3. The zero-order valence-electron chi connectivity index (χ0n) is 10.4. The third kappa shape index (κ3) is 2.94. The van der Waals surface area contributed by atoms with Gasteiger partial charge in [-0.1, -0.05) is 27.7 Å². The molecule has 1 rings (SSSR count). The Balaban J connectivity index is 2.57. The second-order valence-corrected chi connectivity index (χ2v) is 4.88. The first-order chi connectivity index (χ1) is 7.07. The smallest absolute Gasteiger partial charge is 0.225 e. The monoisotopic (exact) mass is 212 g/mol. The SMILES string of the molecule is CCCN(C(=O)C(C)C(C)C)C1CNC1.